The summed E-state index contributed by atoms with van der Waals surface area (Å²) in [7, 11) is 1.79. The van der Waals surface area contributed by atoms with Gasteiger partial charge in [0.15, 0.2) is 5.96 Å². The number of likely N-dealkylation sites (tertiary alicyclic amines) is 1. The van der Waals surface area contributed by atoms with Gasteiger partial charge in [-0.05, 0) is 44.9 Å². The quantitative estimate of drug-likeness (QED) is 0.201. The second-order valence-electron chi connectivity index (χ2n) is 6.38. The Hall–Kier alpha value is -0.570. The largest absolute Gasteiger partial charge is 0.466 e. The van der Waals surface area contributed by atoms with Crippen LogP contribution < -0.4 is 5.32 Å². The van der Waals surface area contributed by atoms with Crippen LogP contribution in [-0.4, -0.2) is 63.3 Å². The molecule has 0 aromatic heterocycles. The Balaban J connectivity index is 0.00000288. The highest BCUT2D eigenvalue weighted by Crippen LogP contribution is 2.28. The average Bonchev–Trinajstić information content (AvgIpc) is 3.39. The van der Waals surface area contributed by atoms with Gasteiger partial charge in [-0.3, -0.25) is 9.79 Å². The molecule has 2 aliphatic rings. The molecule has 1 atom stereocenters. The Morgan fingerprint density at radius 1 is 1.33 bits per heavy atom. The molecule has 1 heterocycles. The van der Waals surface area contributed by atoms with Crippen LogP contribution in [0.15, 0.2) is 4.99 Å². The maximum atomic E-state index is 11.9. The molecule has 0 spiro atoms. The van der Waals surface area contributed by atoms with Gasteiger partial charge in [0, 0.05) is 39.9 Å². The van der Waals surface area contributed by atoms with Crippen molar-refractivity contribution in [1.29, 1.82) is 0 Å². The van der Waals surface area contributed by atoms with Crippen LogP contribution in [0.4, 0.5) is 0 Å². The summed E-state index contributed by atoms with van der Waals surface area (Å²) in [6.07, 6.45) is 5.54. The molecule has 1 aliphatic carbocycles. The molecule has 1 aliphatic heterocycles. The monoisotopic (exact) mass is 453 g/mol. The Labute approximate surface area is 162 Å². The molecule has 2 rings (SSSR count). The predicted octanol–water partition coefficient (Wildman–Crippen LogP) is 2.27. The average molecular weight is 453 g/mol. The molecule has 1 unspecified atom stereocenters. The maximum Gasteiger partial charge on any atom is 0.310 e. The van der Waals surface area contributed by atoms with Gasteiger partial charge in [-0.15, -0.1) is 24.0 Å². The summed E-state index contributed by atoms with van der Waals surface area (Å²) in [6, 6.07) is 0. The minimum Gasteiger partial charge on any atom is -0.466 e. The van der Waals surface area contributed by atoms with Gasteiger partial charge in [0.25, 0.3) is 0 Å². The van der Waals surface area contributed by atoms with Crippen LogP contribution >= 0.6 is 24.0 Å². The summed E-state index contributed by atoms with van der Waals surface area (Å²) >= 11 is 0. The van der Waals surface area contributed by atoms with Crippen LogP contribution in [0.1, 0.15) is 39.0 Å². The zero-order valence-electron chi connectivity index (χ0n) is 15.0. The van der Waals surface area contributed by atoms with Gasteiger partial charge < -0.3 is 19.7 Å². The zero-order valence-corrected chi connectivity index (χ0v) is 17.3. The molecule has 0 bridgehead atoms. The fraction of sp³-hybridized carbons (Fsp3) is 0.882. The highest BCUT2D eigenvalue weighted by atomic mass is 127. The normalized spacial score (nSPS) is 21.2. The van der Waals surface area contributed by atoms with Crippen molar-refractivity contribution < 1.29 is 14.3 Å². The second-order valence-corrected chi connectivity index (χ2v) is 6.38. The van der Waals surface area contributed by atoms with Gasteiger partial charge in [-0.2, -0.15) is 0 Å². The van der Waals surface area contributed by atoms with Crippen molar-refractivity contribution in [3.8, 4) is 0 Å². The van der Waals surface area contributed by atoms with Crippen molar-refractivity contribution in [3.63, 3.8) is 0 Å². The maximum absolute atomic E-state index is 11.9. The Morgan fingerprint density at radius 3 is 2.79 bits per heavy atom. The fourth-order valence-electron chi connectivity index (χ4n) is 2.86. The molecule has 6 nitrogen and oxygen atoms in total. The molecule has 24 heavy (non-hydrogen) atoms. The molecule has 0 aromatic carbocycles. The van der Waals surface area contributed by atoms with Crippen LogP contribution in [0, 0.1) is 11.8 Å². The third kappa shape index (κ3) is 7.55. The van der Waals surface area contributed by atoms with Crippen molar-refractivity contribution in [2.24, 2.45) is 16.8 Å². The lowest BCUT2D eigenvalue weighted by atomic mass is 9.98. The van der Waals surface area contributed by atoms with E-state index in [4.69, 9.17) is 9.47 Å². The number of aliphatic imine (C=N–C) groups is 1. The van der Waals surface area contributed by atoms with E-state index in [1.165, 1.54) is 12.8 Å². The van der Waals surface area contributed by atoms with E-state index in [0.717, 1.165) is 57.4 Å². The van der Waals surface area contributed by atoms with E-state index in [9.17, 15) is 4.79 Å². The smallest absolute Gasteiger partial charge is 0.310 e. The van der Waals surface area contributed by atoms with Crippen molar-refractivity contribution >= 4 is 35.9 Å². The Bertz CT molecular complexity index is 403. The number of esters is 1. The number of guanidine groups is 1. The first kappa shape index (κ1) is 21.5. The first-order valence-electron chi connectivity index (χ1n) is 8.94. The van der Waals surface area contributed by atoms with Gasteiger partial charge in [0.2, 0.25) is 0 Å². The number of halogens is 1. The first-order chi connectivity index (χ1) is 11.2. The zero-order chi connectivity index (χ0) is 16.5. The summed E-state index contributed by atoms with van der Waals surface area (Å²) < 4.78 is 10.8. The number of hydrogen-bond acceptors (Lipinski definition) is 4. The minimum absolute atomic E-state index is 0. The van der Waals surface area contributed by atoms with Crippen LogP contribution in [0.25, 0.3) is 0 Å². The highest BCUT2D eigenvalue weighted by Gasteiger charge is 2.28. The third-order valence-electron chi connectivity index (χ3n) is 4.35. The van der Waals surface area contributed by atoms with E-state index in [1.54, 1.807) is 7.05 Å². The highest BCUT2D eigenvalue weighted by molar-refractivity contribution is 14.0. The summed E-state index contributed by atoms with van der Waals surface area (Å²) in [4.78, 5) is 18.4. The number of piperidine rings is 1. The topological polar surface area (TPSA) is 63.2 Å². The third-order valence-corrected chi connectivity index (χ3v) is 4.35. The van der Waals surface area contributed by atoms with E-state index >= 15 is 0 Å². The lowest BCUT2D eigenvalue weighted by Gasteiger charge is -2.33. The fourth-order valence-corrected chi connectivity index (χ4v) is 2.86. The van der Waals surface area contributed by atoms with Crippen molar-refractivity contribution in [3.05, 3.63) is 0 Å². The molecule has 0 radical (unpaired) electrons. The van der Waals surface area contributed by atoms with Crippen LogP contribution in [0.3, 0.4) is 0 Å². The number of hydrogen-bond donors (Lipinski definition) is 1. The summed E-state index contributed by atoms with van der Waals surface area (Å²) in [5, 5.41) is 3.38. The standard InChI is InChI=1S/C17H31N3O3.HI/c1-3-23-16(21)15-6-4-10-20(12-15)17(18-2)19-9-5-11-22-13-14-7-8-14;/h14-15H,3-13H2,1-2H3,(H,18,19);1H. The van der Waals surface area contributed by atoms with E-state index in [2.05, 4.69) is 15.2 Å². The van der Waals surface area contributed by atoms with Gasteiger partial charge >= 0.3 is 5.97 Å². The van der Waals surface area contributed by atoms with Crippen molar-refractivity contribution in [1.82, 2.24) is 10.2 Å². The van der Waals surface area contributed by atoms with E-state index in [1.807, 2.05) is 6.92 Å². The lowest BCUT2D eigenvalue weighted by Crippen LogP contribution is -2.48. The van der Waals surface area contributed by atoms with Gasteiger partial charge in [-0.1, -0.05) is 0 Å². The number of carbonyl (C=O) groups excluding carboxylic acids is 1. The molecule has 1 saturated carbocycles. The molecule has 1 N–H and O–H groups in total. The molecule has 0 aromatic rings. The van der Waals surface area contributed by atoms with Gasteiger partial charge in [0.05, 0.1) is 12.5 Å². The first-order valence-corrected chi connectivity index (χ1v) is 8.94. The summed E-state index contributed by atoms with van der Waals surface area (Å²) in [5.41, 5.74) is 0. The number of ether oxygens (including phenoxy) is 2. The number of nitrogens with one attached hydrogen (secondary N) is 1. The SMILES string of the molecule is CCOC(=O)C1CCCN(C(=NC)NCCCOCC2CC2)C1.I. The van der Waals surface area contributed by atoms with E-state index in [-0.39, 0.29) is 35.9 Å². The summed E-state index contributed by atoms with van der Waals surface area (Å²) in [6.45, 7) is 6.49. The van der Waals surface area contributed by atoms with E-state index in [0.29, 0.717) is 13.2 Å². The minimum atomic E-state index is -0.0823. The van der Waals surface area contributed by atoms with Crippen molar-refractivity contribution in [2.75, 3.05) is 46.5 Å². The molecular formula is C17H32IN3O3. The Morgan fingerprint density at radius 2 is 2.12 bits per heavy atom. The second kappa shape index (κ2) is 11.9. The molecule has 0 amide bonds. The number of rotatable bonds is 8. The summed E-state index contributed by atoms with van der Waals surface area (Å²) in [5.74, 6) is 1.58. The Kier molecular flexibility index (Phi) is 10.6. The molecule has 7 heteroatoms. The number of carbonyl (C=O) groups is 1. The molecule has 140 valence electrons. The van der Waals surface area contributed by atoms with Gasteiger partial charge in [0.1, 0.15) is 0 Å². The molecule has 1 saturated heterocycles. The van der Waals surface area contributed by atoms with Gasteiger partial charge in [-0.25, -0.2) is 0 Å². The lowest BCUT2D eigenvalue weighted by molar-refractivity contribution is -0.149. The van der Waals surface area contributed by atoms with Crippen molar-refractivity contribution in [2.45, 2.75) is 39.0 Å². The number of nitrogens with zero attached hydrogens (tertiary/aromatic N) is 2. The van der Waals surface area contributed by atoms with E-state index < -0.39 is 0 Å². The van der Waals surface area contributed by atoms with Crippen LogP contribution in [0.5, 0.6) is 0 Å². The molecular weight excluding hydrogens is 421 g/mol. The van der Waals surface area contributed by atoms with Crippen LogP contribution in [0.2, 0.25) is 0 Å². The predicted molar refractivity (Wildman–Crippen MR) is 106 cm³/mol. The molecule has 2 fully saturated rings. The van der Waals surface area contributed by atoms with Crippen LogP contribution in [-0.2, 0) is 14.3 Å².